The first-order valence-electron chi connectivity index (χ1n) is 6.49. The summed E-state index contributed by atoms with van der Waals surface area (Å²) in [5.41, 5.74) is 7.37. The van der Waals surface area contributed by atoms with Crippen LogP contribution in [0, 0.1) is 0 Å². The third-order valence-electron chi connectivity index (χ3n) is 2.88. The number of benzene rings is 1. The highest BCUT2D eigenvalue weighted by Gasteiger charge is 2.10. The van der Waals surface area contributed by atoms with Crippen LogP contribution in [-0.2, 0) is 6.54 Å². The summed E-state index contributed by atoms with van der Waals surface area (Å²) in [6.07, 6.45) is 2.79. The average molecular weight is 276 g/mol. The zero-order chi connectivity index (χ0) is 14.4. The van der Waals surface area contributed by atoms with Crippen LogP contribution in [0.25, 0.3) is 0 Å². The number of nitrogens with two attached hydrogens (primary N) is 1. The fourth-order valence-electron chi connectivity index (χ4n) is 1.93. The van der Waals surface area contributed by atoms with E-state index in [-0.39, 0.29) is 6.61 Å². The van der Waals surface area contributed by atoms with E-state index in [1.807, 2.05) is 18.0 Å². The Morgan fingerprint density at radius 1 is 1.30 bits per heavy atom. The summed E-state index contributed by atoms with van der Waals surface area (Å²) in [6, 6.07) is 9.03. The van der Waals surface area contributed by atoms with Gasteiger partial charge in [-0.15, -0.1) is 0 Å². The van der Waals surface area contributed by atoms with E-state index in [0.717, 1.165) is 12.1 Å². The first-order chi connectivity index (χ1) is 9.63. The fourth-order valence-corrected chi connectivity index (χ4v) is 1.93. The van der Waals surface area contributed by atoms with Gasteiger partial charge in [0.25, 0.3) is 0 Å². The summed E-state index contributed by atoms with van der Waals surface area (Å²) in [4.78, 5) is 2.02. The molecule has 0 aliphatic carbocycles. The summed E-state index contributed by atoms with van der Waals surface area (Å²) >= 11 is 0. The second kappa shape index (κ2) is 6.98. The molecule has 3 N–H and O–H groups in total. The molecule has 0 aliphatic rings. The predicted molar refractivity (Wildman–Crippen MR) is 77.4 cm³/mol. The third kappa shape index (κ3) is 4.60. The summed E-state index contributed by atoms with van der Waals surface area (Å²) in [7, 11) is 1.94. The highest BCUT2D eigenvalue weighted by atomic mass is 16.5. The Balaban J connectivity index is 1.71. The van der Waals surface area contributed by atoms with Gasteiger partial charge in [-0.05, 0) is 37.4 Å². The molecule has 20 heavy (non-hydrogen) atoms. The monoisotopic (exact) mass is 276 g/mol. The van der Waals surface area contributed by atoms with Crippen molar-refractivity contribution in [2.45, 2.75) is 12.6 Å². The number of nitrogen functional groups attached to an aromatic ring is 1. The van der Waals surface area contributed by atoms with Crippen LogP contribution in [0.4, 0.5) is 5.69 Å². The molecule has 0 radical (unpaired) electrons. The second-order valence-electron chi connectivity index (χ2n) is 4.86. The van der Waals surface area contributed by atoms with Gasteiger partial charge in [0.2, 0.25) is 0 Å². The molecule has 0 amide bonds. The van der Waals surface area contributed by atoms with Gasteiger partial charge < -0.3 is 20.0 Å². The van der Waals surface area contributed by atoms with Crippen molar-refractivity contribution in [2.24, 2.45) is 0 Å². The average Bonchev–Trinajstić information content (AvgIpc) is 2.90. The molecule has 2 rings (SSSR count). The molecule has 0 spiro atoms. The molecule has 108 valence electrons. The van der Waals surface area contributed by atoms with Crippen molar-refractivity contribution in [3.8, 4) is 5.75 Å². The highest BCUT2D eigenvalue weighted by molar-refractivity contribution is 5.41. The Labute approximate surface area is 118 Å². The van der Waals surface area contributed by atoms with Crippen molar-refractivity contribution in [1.29, 1.82) is 0 Å². The van der Waals surface area contributed by atoms with Crippen LogP contribution < -0.4 is 10.5 Å². The summed E-state index contributed by atoms with van der Waals surface area (Å²) in [6.45, 7) is 1.51. The molecule has 5 heteroatoms. The van der Waals surface area contributed by atoms with Crippen molar-refractivity contribution in [3.63, 3.8) is 0 Å². The standard InChI is InChI=1S/C15H20N2O3/c1-17(8-12-6-7-19-10-12)9-14(18)11-20-15-4-2-13(16)3-5-15/h2-7,10,14,18H,8-9,11,16H2,1H3. The number of hydrogen-bond donors (Lipinski definition) is 2. The van der Waals surface area contributed by atoms with E-state index in [9.17, 15) is 5.11 Å². The lowest BCUT2D eigenvalue weighted by Gasteiger charge is -2.20. The Morgan fingerprint density at radius 2 is 2.05 bits per heavy atom. The Kier molecular flexibility index (Phi) is 5.03. The van der Waals surface area contributed by atoms with Gasteiger partial charge in [0, 0.05) is 24.3 Å². The topological polar surface area (TPSA) is 71.9 Å². The van der Waals surface area contributed by atoms with Crippen molar-refractivity contribution < 1.29 is 14.3 Å². The van der Waals surface area contributed by atoms with Gasteiger partial charge in [0.1, 0.15) is 18.5 Å². The van der Waals surface area contributed by atoms with Crippen LogP contribution in [0.2, 0.25) is 0 Å². The van der Waals surface area contributed by atoms with Gasteiger partial charge in [-0.1, -0.05) is 0 Å². The number of nitrogens with zero attached hydrogens (tertiary/aromatic N) is 1. The molecule has 1 aromatic heterocycles. The molecule has 0 saturated heterocycles. The van der Waals surface area contributed by atoms with Crippen LogP contribution in [0.15, 0.2) is 47.3 Å². The van der Waals surface area contributed by atoms with E-state index in [4.69, 9.17) is 14.9 Å². The molecule has 1 unspecified atom stereocenters. The van der Waals surface area contributed by atoms with E-state index >= 15 is 0 Å². The normalized spacial score (nSPS) is 12.6. The third-order valence-corrected chi connectivity index (χ3v) is 2.88. The maximum atomic E-state index is 9.95. The van der Waals surface area contributed by atoms with Gasteiger partial charge in [0.05, 0.1) is 12.5 Å². The molecular formula is C15H20N2O3. The number of hydrogen-bond acceptors (Lipinski definition) is 5. The first kappa shape index (κ1) is 14.4. The van der Waals surface area contributed by atoms with Gasteiger partial charge >= 0.3 is 0 Å². The van der Waals surface area contributed by atoms with E-state index in [1.54, 1.807) is 36.8 Å². The number of furan rings is 1. The lowest BCUT2D eigenvalue weighted by atomic mass is 10.3. The van der Waals surface area contributed by atoms with Crippen molar-refractivity contribution in [3.05, 3.63) is 48.4 Å². The van der Waals surface area contributed by atoms with Gasteiger partial charge in [-0.3, -0.25) is 4.90 Å². The quantitative estimate of drug-likeness (QED) is 0.754. The van der Waals surface area contributed by atoms with Gasteiger partial charge in [0.15, 0.2) is 0 Å². The molecular weight excluding hydrogens is 256 g/mol. The maximum absolute atomic E-state index is 9.95. The lowest BCUT2D eigenvalue weighted by Crippen LogP contribution is -2.32. The summed E-state index contributed by atoms with van der Waals surface area (Å²) < 4.78 is 10.5. The zero-order valence-electron chi connectivity index (χ0n) is 11.5. The van der Waals surface area contributed by atoms with E-state index in [0.29, 0.717) is 18.0 Å². The van der Waals surface area contributed by atoms with Crippen LogP contribution in [0.3, 0.4) is 0 Å². The van der Waals surface area contributed by atoms with Gasteiger partial charge in [-0.2, -0.15) is 0 Å². The minimum Gasteiger partial charge on any atom is -0.491 e. The van der Waals surface area contributed by atoms with Crippen molar-refractivity contribution in [1.82, 2.24) is 4.90 Å². The molecule has 0 saturated carbocycles. The summed E-state index contributed by atoms with van der Waals surface area (Å²) in [5.74, 6) is 0.704. The molecule has 5 nitrogen and oxygen atoms in total. The molecule has 0 bridgehead atoms. The van der Waals surface area contributed by atoms with Crippen molar-refractivity contribution >= 4 is 5.69 Å². The number of anilines is 1. The van der Waals surface area contributed by atoms with E-state index in [1.165, 1.54) is 0 Å². The largest absolute Gasteiger partial charge is 0.491 e. The smallest absolute Gasteiger partial charge is 0.119 e. The molecule has 2 aromatic rings. The number of ether oxygens (including phenoxy) is 1. The molecule has 1 aromatic carbocycles. The minimum absolute atomic E-state index is 0.250. The number of aliphatic hydroxyl groups is 1. The van der Waals surface area contributed by atoms with Crippen molar-refractivity contribution in [2.75, 3.05) is 25.9 Å². The first-order valence-corrected chi connectivity index (χ1v) is 6.49. The van der Waals surface area contributed by atoms with E-state index < -0.39 is 6.10 Å². The second-order valence-corrected chi connectivity index (χ2v) is 4.86. The molecule has 0 aliphatic heterocycles. The molecule has 1 heterocycles. The maximum Gasteiger partial charge on any atom is 0.119 e. The Hall–Kier alpha value is -1.98. The SMILES string of the molecule is CN(Cc1ccoc1)CC(O)COc1ccc(N)cc1. The highest BCUT2D eigenvalue weighted by Crippen LogP contribution is 2.13. The predicted octanol–water partition coefficient (Wildman–Crippen LogP) is 1.73. The van der Waals surface area contributed by atoms with Crippen LogP contribution in [0.5, 0.6) is 5.75 Å². The number of likely N-dealkylation sites (N-methyl/N-ethyl adjacent to an activating group) is 1. The number of aliphatic hydroxyl groups excluding tert-OH is 1. The molecule has 1 atom stereocenters. The van der Waals surface area contributed by atoms with E-state index in [2.05, 4.69) is 0 Å². The van der Waals surface area contributed by atoms with Crippen LogP contribution in [0.1, 0.15) is 5.56 Å². The van der Waals surface area contributed by atoms with Gasteiger partial charge in [-0.25, -0.2) is 0 Å². The fraction of sp³-hybridized carbons (Fsp3) is 0.333. The molecule has 0 fully saturated rings. The Bertz CT molecular complexity index is 496. The minimum atomic E-state index is -0.551. The lowest BCUT2D eigenvalue weighted by molar-refractivity contribution is 0.0743. The Morgan fingerprint density at radius 3 is 2.70 bits per heavy atom. The summed E-state index contributed by atoms with van der Waals surface area (Å²) in [5, 5.41) is 9.95. The zero-order valence-corrected chi connectivity index (χ0v) is 11.5. The van der Waals surface area contributed by atoms with Crippen LogP contribution in [-0.4, -0.2) is 36.3 Å². The van der Waals surface area contributed by atoms with Crippen LogP contribution >= 0.6 is 0 Å². The number of rotatable bonds is 7.